The first kappa shape index (κ1) is 15.2. The third-order valence-corrected chi connectivity index (χ3v) is 5.59. The number of nitrogens with zero attached hydrogens (tertiary/aromatic N) is 3. The summed E-state index contributed by atoms with van der Waals surface area (Å²) in [6.45, 7) is 7.10. The maximum atomic E-state index is 5.50. The van der Waals surface area contributed by atoms with Gasteiger partial charge in [0.1, 0.15) is 0 Å². The molecule has 5 rings (SSSR count). The van der Waals surface area contributed by atoms with Crippen LogP contribution in [0.5, 0.6) is 11.5 Å². The van der Waals surface area contributed by atoms with Crippen LogP contribution in [0.2, 0.25) is 0 Å². The second-order valence-electron chi connectivity index (χ2n) is 7.42. The van der Waals surface area contributed by atoms with Gasteiger partial charge in [0, 0.05) is 45.5 Å². The molecule has 0 amide bonds. The molecule has 2 aromatic rings. The largest absolute Gasteiger partial charge is 0.454 e. The average Bonchev–Trinajstić information content (AvgIpc) is 3.30. The molecule has 130 valence electrons. The van der Waals surface area contributed by atoms with Gasteiger partial charge in [-0.15, -0.1) is 0 Å². The average molecular weight is 337 g/mol. The number of rotatable bonds is 4. The second kappa shape index (κ2) is 6.32. The van der Waals surface area contributed by atoms with E-state index in [1.54, 1.807) is 0 Å². The lowest BCUT2D eigenvalue weighted by molar-refractivity contribution is 0.174. The van der Waals surface area contributed by atoms with E-state index in [1.807, 2.05) is 18.3 Å². The number of benzene rings is 1. The highest BCUT2D eigenvalue weighted by Gasteiger charge is 2.39. The Labute approximate surface area is 148 Å². The first-order chi connectivity index (χ1) is 12.3. The van der Waals surface area contributed by atoms with Crippen LogP contribution >= 0.6 is 0 Å². The summed E-state index contributed by atoms with van der Waals surface area (Å²) >= 11 is 0. The van der Waals surface area contributed by atoms with E-state index in [0.29, 0.717) is 6.79 Å². The topological polar surface area (TPSA) is 37.8 Å². The fraction of sp³-hybridized carbons (Fsp3) is 0.450. The standard InChI is InChI=1S/C20H23N3O2/c1-2-6-21-18(3-1)13-23-11-16-9-22(10-17(16)12-23)8-15-4-5-19-20(7-15)25-14-24-19/h1-7,16-17H,8-14H2/t16-,17+. The third kappa shape index (κ3) is 3.10. The predicted molar refractivity (Wildman–Crippen MR) is 94.3 cm³/mol. The molecule has 0 aliphatic carbocycles. The molecule has 5 heteroatoms. The molecule has 2 atom stereocenters. The molecule has 1 aromatic heterocycles. The number of pyridine rings is 1. The lowest BCUT2D eigenvalue weighted by Crippen LogP contribution is -2.28. The maximum absolute atomic E-state index is 5.50. The Morgan fingerprint density at radius 1 is 0.880 bits per heavy atom. The van der Waals surface area contributed by atoms with Crippen molar-refractivity contribution in [2.45, 2.75) is 13.1 Å². The number of hydrogen-bond donors (Lipinski definition) is 0. The normalized spacial score (nSPS) is 25.4. The van der Waals surface area contributed by atoms with Gasteiger partial charge >= 0.3 is 0 Å². The molecule has 4 heterocycles. The van der Waals surface area contributed by atoms with Gasteiger partial charge in [0.25, 0.3) is 0 Å². The number of hydrogen-bond acceptors (Lipinski definition) is 5. The van der Waals surface area contributed by atoms with Gasteiger partial charge < -0.3 is 9.47 Å². The Kier molecular flexibility index (Phi) is 3.83. The van der Waals surface area contributed by atoms with E-state index in [2.05, 4.69) is 39.0 Å². The van der Waals surface area contributed by atoms with E-state index >= 15 is 0 Å². The van der Waals surface area contributed by atoms with Crippen LogP contribution < -0.4 is 9.47 Å². The Balaban J connectivity index is 1.17. The summed E-state index contributed by atoms with van der Waals surface area (Å²) in [6, 6.07) is 12.5. The molecule has 0 unspecified atom stereocenters. The molecule has 1 aromatic carbocycles. The number of fused-ring (bicyclic) bond motifs is 2. The molecule has 2 saturated heterocycles. The first-order valence-corrected chi connectivity index (χ1v) is 9.06. The molecule has 5 nitrogen and oxygen atoms in total. The summed E-state index contributed by atoms with van der Waals surface area (Å²) in [5.74, 6) is 3.33. The van der Waals surface area contributed by atoms with Crippen molar-refractivity contribution in [1.29, 1.82) is 0 Å². The van der Waals surface area contributed by atoms with Gasteiger partial charge in [-0.2, -0.15) is 0 Å². The van der Waals surface area contributed by atoms with Crippen molar-refractivity contribution in [2.75, 3.05) is 33.0 Å². The molecule has 3 aliphatic rings. The Hall–Kier alpha value is -2.11. The molecule has 0 N–H and O–H groups in total. The van der Waals surface area contributed by atoms with E-state index in [4.69, 9.17) is 9.47 Å². The molecular weight excluding hydrogens is 314 g/mol. The van der Waals surface area contributed by atoms with Crippen molar-refractivity contribution in [2.24, 2.45) is 11.8 Å². The Bertz CT molecular complexity index is 738. The number of aromatic nitrogens is 1. The number of ether oxygens (including phenoxy) is 2. The van der Waals surface area contributed by atoms with Crippen molar-refractivity contribution in [3.63, 3.8) is 0 Å². The lowest BCUT2D eigenvalue weighted by Gasteiger charge is -2.21. The fourth-order valence-electron chi connectivity index (χ4n) is 4.46. The lowest BCUT2D eigenvalue weighted by atomic mass is 10.0. The van der Waals surface area contributed by atoms with Gasteiger partial charge in [0.05, 0.1) is 5.69 Å². The van der Waals surface area contributed by atoms with Gasteiger partial charge in [-0.1, -0.05) is 12.1 Å². The zero-order valence-corrected chi connectivity index (χ0v) is 14.3. The summed E-state index contributed by atoms with van der Waals surface area (Å²) < 4.78 is 10.9. The zero-order chi connectivity index (χ0) is 16.6. The highest BCUT2D eigenvalue weighted by molar-refractivity contribution is 5.44. The molecule has 0 saturated carbocycles. The highest BCUT2D eigenvalue weighted by atomic mass is 16.7. The minimum atomic E-state index is 0.346. The maximum Gasteiger partial charge on any atom is 0.231 e. The summed E-state index contributed by atoms with van der Waals surface area (Å²) in [4.78, 5) is 9.61. The van der Waals surface area contributed by atoms with Crippen LogP contribution in [0, 0.1) is 11.8 Å². The van der Waals surface area contributed by atoms with Crippen LogP contribution in [0.25, 0.3) is 0 Å². The molecule has 3 aliphatic heterocycles. The molecule has 2 fully saturated rings. The van der Waals surface area contributed by atoms with Gasteiger partial charge in [0.15, 0.2) is 11.5 Å². The number of likely N-dealkylation sites (tertiary alicyclic amines) is 2. The van der Waals surface area contributed by atoms with Crippen LogP contribution in [0.1, 0.15) is 11.3 Å². The van der Waals surface area contributed by atoms with Crippen molar-refractivity contribution in [1.82, 2.24) is 14.8 Å². The van der Waals surface area contributed by atoms with E-state index in [9.17, 15) is 0 Å². The summed E-state index contributed by atoms with van der Waals surface area (Å²) in [5, 5.41) is 0. The smallest absolute Gasteiger partial charge is 0.231 e. The highest BCUT2D eigenvalue weighted by Crippen LogP contribution is 2.35. The molecule has 0 spiro atoms. The molecule has 0 radical (unpaired) electrons. The fourth-order valence-corrected chi connectivity index (χ4v) is 4.46. The third-order valence-electron chi connectivity index (χ3n) is 5.59. The van der Waals surface area contributed by atoms with Crippen LogP contribution in [0.4, 0.5) is 0 Å². The van der Waals surface area contributed by atoms with Crippen LogP contribution in [-0.4, -0.2) is 47.8 Å². The summed E-state index contributed by atoms with van der Waals surface area (Å²) in [6.07, 6.45) is 1.89. The monoisotopic (exact) mass is 337 g/mol. The molecule has 0 bridgehead atoms. The van der Waals surface area contributed by atoms with Gasteiger partial charge in [-0.05, 0) is 41.7 Å². The minimum Gasteiger partial charge on any atom is -0.454 e. The van der Waals surface area contributed by atoms with Crippen molar-refractivity contribution in [3.8, 4) is 11.5 Å². The minimum absolute atomic E-state index is 0.346. The zero-order valence-electron chi connectivity index (χ0n) is 14.3. The molecule has 25 heavy (non-hydrogen) atoms. The van der Waals surface area contributed by atoms with E-state index < -0.39 is 0 Å². The van der Waals surface area contributed by atoms with E-state index in [-0.39, 0.29) is 0 Å². The predicted octanol–water partition coefficient (Wildman–Crippen LogP) is 2.37. The van der Waals surface area contributed by atoms with Gasteiger partial charge in [-0.25, -0.2) is 0 Å². The summed E-state index contributed by atoms with van der Waals surface area (Å²) in [7, 11) is 0. The van der Waals surface area contributed by atoms with E-state index in [1.165, 1.54) is 37.4 Å². The Morgan fingerprint density at radius 2 is 1.64 bits per heavy atom. The van der Waals surface area contributed by atoms with Crippen LogP contribution in [0.15, 0.2) is 42.6 Å². The quantitative estimate of drug-likeness (QED) is 0.856. The second-order valence-corrected chi connectivity index (χ2v) is 7.42. The SMILES string of the molecule is c1ccc(CN2C[C@H]3CN(Cc4ccc5c(c4)OCO5)C[C@H]3C2)nc1. The van der Waals surface area contributed by atoms with Crippen LogP contribution in [-0.2, 0) is 13.1 Å². The molecular formula is C20H23N3O2. The Morgan fingerprint density at radius 3 is 2.40 bits per heavy atom. The van der Waals surface area contributed by atoms with Crippen molar-refractivity contribution in [3.05, 3.63) is 53.9 Å². The van der Waals surface area contributed by atoms with Gasteiger partial charge in [0.2, 0.25) is 6.79 Å². The summed E-state index contributed by atoms with van der Waals surface area (Å²) in [5.41, 5.74) is 2.49. The van der Waals surface area contributed by atoms with E-state index in [0.717, 1.165) is 36.4 Å². The first-order valence-electron chi connectivity index (χ1n) is 9.06. The van der Waals surface area contributed by atoms with Crippen molar-refractivity contribution >= 4 is 0 Å². The van der Waals surface area contributed by atoms with Crippen molar-refractivity contribution < 1.29 is 9.47 Å². The van der Waals surface area contributed by atoms with Gasteiger partial charge in [-0.3, -0.25) is 14.8 Å². The van der Waals surface area contributed by atoms with Crippen LogP contribution in [0.3, 0.4) is 0 Å².